The molecule has 0 saturated heterocycles. The van der Waals surface area contributed by atoms with Gasteiger partial charge in [0, 0.05) is 42.3 Å². The molecule has 0 aliphatic carbocycles. The quantitative estimate of drug-likeness (QED) is 0.392. The first-order valence-corrected chi connectivity index (χ1v) is 9.79. The summed E-state index contributed by atoms with van der Waals surface area (Å²) in [5.74, 6) is -3.47. The minimum Gasteiger partial charge on any atom is -0.550 e. The average molecular weight is 461 g/mol. The van der Waals surface area contributed by atoms with Gasteiger partial charge in [-0.25, -0.2) is 9.18 Å². The van der Waals surface area contributed by atoms with Crippen LogP contribution >= 0.6 is 0 Å². The molecule has 166 valence electrons. The molecule has 1 unspecified atom stereocenters. The van der Waals surface area contributed by atoms with Crippen molar-refractivity contribution in [1.82, 2.24) is 15.5 Å². The Bertz CT molecular complexity index is 1110. The van der Waals surface area contributed by atoms with Gasteiger partial charge in [-0.3, -0.25) is 9.59 Å². The van der Waals surface area contributed by atoms with Gasteiger partial charge in [-0.15, -0.1) is 0 Å². The van der Waals surface area contributed by atoms with Crippen LogP contribution in [0.5, 0.6) is 0 Å². The second-order valence-corrected chi connectivity index (χ2v) is 7.34. The van der Waals surface area contributed by atoms with Crippen molar-refractivity contribution >= 4 is 23.7 Å². The van der Waals surface area contributed by atoms with Gasteiger partial charge in [-0.1, -0.05) is 48.5 Å². The van der Waals surface area contributed by atoms with Gasteiger partial charge < -0.3 is 25.4 Å². The number of ketones is 1. The van der Waals surface area contributed by atoms with Gasteiger partial charge in [-0.05, 0) is 12.5 Å². The molecule has 0 bridgehead atoms. The van der Waals surface area contributed by atoms with Crippen molar-refractivity contribution in [3.63, 3.8) is 0 Å². The number of aliphatic carboxylic acids is 1. The van der Waals surface area contributed by atoms with E-state index >= 15 is 4.39 Å². The number of nitrogens with zero attached hydrogens (tertiary/aromatic N) is 1. The van der Waals surface area contributed by atoms with Crippen LogP contribution in [0.15, 0.2) is 60.3 Å². The molecule has 3 rings (SSSR count). The standard InChI is InChI=1S/C23H22FN3O5.Na/c1-13-11-18(28)21(22(31)27(13)2)26-23(32)25-17(12-19(29)30)16-10-6-9-15(20(16)24)14-7-4-3-5-8-14;/h3-11,17,21H,12H2,1-2H3,(H,29,30)(H2,25,26,32);/q;+1/p-1/t17-,21?;/m0./s1. The van der Waals surface area contributed by atoms with E-state index in [1.165, 1.54) is 30.2 Å². The molecule has 0 aromatic heterocycles. The number of carboxylic acids is 1. The number of carbonyl (C=O) groups is 4. The van der Waals surface area contributed by atoms with Crippen LogP contribution in [-0.2, 0) is 14.4 Å². The zero-order valence-electron chi connectivity index (χ0n) is 18.4. The van der Waals surface area contributed by atoms with E-state index in [1.807, 2.05) is 0 Å². The summed E-state index contributed by atoms with van der Waals surface area (Å²) in [5.41, 5.74) is 1.16. The number of hydrogen-bond donors (Lipinski definition) is 2. The van der Waals surface area contributed by atoms with Crippen LogP contribution in [0.4, 0.5) is 9.18 Å². The van der Waals surface area contributed by atoms with Crippen LogP contribution in [0.25, 0.3) is 11.1 Å². The summed E-state index contributed by atoms with van der Waals surface area (Å²) in [6.07, 6.45) is 0.502. The molecule has 0 saturated carbocycles. The Morgan fingerprint density at radius 2 is 1.79 bits per heavy atom. The molecular weight excluding hydrogens is 440 g/mol. The summed E-state index contributed by atoms with van der Waals surface area (Å²) in [6.45, 7) is 1.57. The first-order chi connectivity index (χ1) is 15.2. The van der Waals surface area contributed by atoms with Crippen LogP contribution in [0.1, 0.15) is 24.9 Å². The number of benzene rings is 2. The van der Waals surface area contributed by atoms with E-state index in [0.29, 0.717) is 11.3 Å². The van der Waals surface area contributed by atoms with Crippen molar-refractivity contribution in [2.75, 3.05) is 7.05 Å². The summed E-state index contributed by atoms with van der Waals surface area (Å²) in [5, 5.41) is 15.9. The summed E-state index contributed by atoms with van der Waals surface area (Å²) in [4.78, 5) is 49.5. The van der Waals surface area contributed by atoms with E-state index in [9.17, 15) is 24.3 Å². The Hall–Kier alpha value is -3.01. The van der Waals surface area contributed by atoms with Crippen LogP contribution in [0, 0.1) is 5.82 Å². The first kappa shape index (κ1) is 26.2. The van der Waals surface area contributed by atoms with Gasteiger partial charge in [0.05, 0.1) is 6.04 Å². The molecule has 33 heavy (non-hydrogen) atoms. The molecule has 2 aromatic carbocycles. The Morgan fingerprint density at radius 3 is 2.42 bits per heavy atom. The van der Waals surface area contributed by atoms with Crippen molar-refractivity contribution in [2.45, 2.75) is 25.4 Å². The molecule has 1 aliphatic rings. The van der Waals surface area contributed by atoms with Crippen LogP contribution in [0.2, 0.25) is 0 Å². The number of carbonyl (C=O) groups excluding carboxylic acids is 4. The molecule has 0 fully saturated rings. The van der Waals surface area contributed by atoms with Gasteiger partial charge in [-0.2, -0.15) is 0 Å². The molecule has 1 heterocycles. The van der Waals surface area contributed by atoms with Crippen LogP contribution < -0.4 is 45.3 Å². The molecule has 2 N–H and O–H groups in total. The maximum atomic E-state index is 15.3. The number of urea groups is 1. The maximum Gasteiger partial charge on any atom is 1.00 e. The molecule has 3 amide bonds. The van der Waals surface area contributed by atoms with E-state index < -0.39 is 48.0 Å². The summed E-state index contributed by atoms with van der Waals surface area (Å²) in [7, 11) is 1.45. The largest absolute Gasteiger partial charge is 1.00 e. The SMILES string of the molecule is CC1=CC(=O)C(NC(=O)N[C@@H](CC(=O)[O-])c2cccc(-c3ccccc3)c2F)C(=O)N1C.[Na+]. The second kappa shape index (κ2) is 11.2. The predicted molar refractivity (Wildman–Crippen MR) is 111 cm³/mol. The second-order valence-electron chi connectivity index (χ2n) is 7.34. The number of likely N-dealkylation sites (N-methyl/N-ethyl adjacent to an activating group) is 1. The number of halogens is 1. The molecule has 2 atom stereocenters. The van der Waals surface area contributed by atoms with Gasteiger partial charge in [0.1, 0.15) is 5.82 Å². The number of amides is 3. The summed E-state index contributed by atoms with van der Waals surface area (Å²) in [6, 6.07) is 9.31. The van der Waals surface area contributed by atoms with Crippen molar-refractivity contribution in [1.29, 1.82) is 0 Å². The Kier molecular flexibility index (Phi) is 8.92. The van der Waals surface area contributed by atoms with E-state index in [0.717, 1.165) is 0 Å². The summed E-state index contributed by atoms with van der Waals surface area (Å²) >= 11 is 0. The fourth-order valence-corrected chi connectivity index (χ4v) is 3.40. The maximum absolute atomic E-state index is 15.3. The van der Waals surface area contributed by atoms with Gasteiger partial charge in [0.25, 0.3) is 5.91 Å². The summed E-state index contributed by atoms with van der Waals surface area (Å²) < 4.78 is 15.3. The fourth-order valence-electron chi connectivity index (χ4n) is 3.40. The Balaban J connectivity index is 0.00000385. The molecular formula is C23H21FN3NaO5. The predicted octanol–water partition coefficient (Wildman–Crippen LogP) is -1.71. The fraction of sp³-hybridized carbons (Fsp3) is 0.217. The van der Waals surface area contributed by atoms with Crippen molar-refractivity contribution < 1.29 is 58.2 Å². The van der Waals surface area contributed by atoms with Gasteiger partial charge in [0.15, 0.2) is 11.8 Å². The number of carboxylic acid groups (broad SMARTS) is 1. The number of nitrogens with one attached hydrogen (secondary N) is 2. The average Bonchev–Trinajstić information content (AvgIpc) is 2.75. The van der Waals surface area contributed by atoms with Crippen LogP contribution in [0.3, 0.4) is 0 Å². The smallest absolute Gasteiger partial charge is 0.550 e. The van der Waals surface area contributed by atoms with E-state index in [4.69, 9.17) is 0 Å². The molecule has 2 aromatic rings. The van der Waals surface area contributed by atoms with Gasteiger partial charge >= 0.3 is 35.6 Å². The third kappa shape index (κ3) is 6.07. The van der Waals surface area contributed by atoms with E-state index in [2.05, 4.69) is 10.6 Å². The van der Waals surface area contributed by atoms with Crippen molar-refractivity contribution in [3.8, 4) is 11.1 Å². The molecule has 8 nitrogen and oxygen atoms in total. The van der Waals surface area contributed by atoms with E-state index in [1.54, 1.807) is 43.3 Å². The van der Waals surface area contributed by atoms with E-state index in [-0.39, 0.29) is 40.7 Å². The molecule has 0 radical (unpaired) electrons. The normalized spacial score (nSPS) is 16.4. The monoisotopic (exact) mass is 461 g/mol. The molecule has 10 heteroatoms. The zero-order valence-corrected chi connectivity index (χ0v) is 20.4. The van der Waals surface area contributed by atoms with Gasteiger partial charge in [0.2, 0.25) is 0 Å². The minimum atomic E-state index is -1.51. The third-order valence-corrected chi connectivity index (χ3v) is 5.18. The Morgan fingerprint density at radius 1 is 1.12 bits per heavy atom. The molecule has 1 aliphatic heterocycles. The molecule has 0 spiro atoms. The Labute approximate surface area is 212 Å². The third-order valence-electron chi connectivity index (χ3n) is 5.18. The van der Waals surface area contributed by atoms with Crippen LogP contribution in [-0.4, -0.2) is 41.7 Å². The number of hydrogen-bond acceptors (Lipinski definition) is 5. The van der Waals surface area contributed by atoms with Crippen molar-refractivity contribution in [3.05, 3.63) is 71.7 Å². The number of allylic oxidation sites excluding steroid dienone is 1. The minimum absolute atomic E-state index is 0. The first-order valence-electron chi connectivity index (χ1n) is 9.79. The van der Waals surface area contributed by atoms with Crippen molar-refractivity contribution in [2.24, 2.45) is 0 Å². The number of rotatable bonds is 6. The topological polar surface area (TPSA) is 119 Å². The zero-order chi connectivity index (χ0) is 23.4.